The Balaban J connectivity index is 2.38. The van der Waals surface area contributed by atoms with Gasteiger partial charge in [0.1, 0.15) is 0 Å². The zero-order valence-electron chi connectivity index (χ0n) is 10.3. The molecule has 0 aliphatic heterocycles. The largest absolute Gasteiger partial charge is 0.417 e. The Morgan fingerprint density at radius 2 is 1.52 bits per heavy atom. The second kappa shape index (κ2) is 5.95. The molecule has 0 unspecified atom stereocenters. The van der Waals surface area contributed by atoms with Crippen LogP contribution < -0.4 is 5.32 Å². The fraction of sp³-hybridized carbons (Fsp3) is 0.0714. The SMILES string of the molecule is O=C(Nc1c(Cl)cccc1Cl)c1ccccc1C(F)(F)F. The van der Waals surface area contributed by atoms with Crippen molar-refractivity contribution in [2.45, 2.75) is 6.18 Å². The van der Waals surface area contributed by atoms with Gasteiger partial charge in [0, 0.05) is 0 Å². The van der Waals surface area contributed by atoms with Crippen molar-refractivity contribution < 1.29 is 18.0 Å². The molecule has 7 heteroatoms. The van der Waals surface area contributed by atoms with Gasteiger partial charge in [-0.3, -0.25) is 4.79 Å². The summed E-state index contributed by atoms with van der Waals surface area (Å²) in [5, 5.41) is 2.58. The Morgan fingerprint density at radius 3 is 2.10 bits per heavy atom. The fourth-order valence-electron chi connectivity index (χ4n) is 1.73. The van der Waals surface area contributed by atoms with E-state index in [4.69, 9.17) is 23.2 Å². The molecule has 0 fully saturated rings. The first-order chi connectivity index (χ1) is 9.80. The number of para-hydroxylation sites is 1. The van der Waals surface area contributed by atoms with E-state index in [1.54, 1.807) is 6.07 Å². The molecule has 2 rings (SSSR count). The highest BCUT2D eigenvalue weighted by Gasteiger charge is 2.35. The summed E-state index contributed by atoms with van der Waals surface area (Å²) in [6.45, 7) is 0. The maximum atomic E-state index is 12.9. The molecule has 0 saturated carbocycles. The number of rotatable bonds is 2. The zero-order chi connectivity index (χ0) is 15.6. The molecule has 0 atom stereocenters. The van der Waals surface area contributed by atoms with Crippen molar-refractivity contribution in [2.24, 2.45) is 0 Å². The zero-order valence-corrected chi connectivity index (χ0v) is 11.9. The summed E-state index contributed by atoms with van der Waals surface area (Å²) in [4.78, 5) is 12.1. The van der Waals surface area contributed by atoms with Crippen LogP contribution in [-0.2, 0) is 6.18 Å². The minimum atomic E-state index is -4.63. The fourth-order valence-corrected chi connectivity index (χ4v) is 2.22. The molecule has 0 aliphatic carbocycles. The van der Waals surface area contributed by atoms with Gasteiger partial charge in [-0.05, 0) is 24.3 Å². The van der Waals surface area contributed by atoms with Gasteiger partial charge < -0.3 is 5.32 Å². The van der Waals surface area contributed by atoms with Gasteiger partial charge in [0.25, 0.3) is 5.91 Å². The number of hydrogen-bond donors (Lipinski definition) is 1. The Morgan fingerprint density at radius 1 is 0.952 bits per heavy atom. The Labute approximate surface area is 128 Å². The molecule has 110 valence electrons. The maximum absolute atomic E-state index is 12.9. The first-order valence-electron chi connectivity index (χ1n) is 5.72. The van der Waals surface area contributed by atoms with Crippen LogP contribution >= 0.6 is 23.2 Å². The van der Waals surface area contributed by atoms with Crippen LogP contribution in [0, 0.1) is 0 Å². The molecule has 0 aliphatic rings. The van der Waals surface area contributed by atoms with Gasteiger partial charge in [-0.2, -0.15) is 13.2 Å². The molecule has 0 heterocycles. The number of anilines is 1. The lowest BCUT2D eigenvalue weighted by Crippen LogP contribution is -2.19. The highest BCUT2D eigenvalue weighted by atomic mass is 35.5. The Bertz CT molecular complexity index is 666. The number of halogens is 5. The van der Waals surface area contributed by atoms with Crippen molar-refractivity contribution in [3.8, 4) is 0 Å². The predicted molar refractivity (Wildman–Crippen MR) is 75.9 cm³/mol. The van der Waals surface area contributed by atoms with Crippen LogP contribution in [0.1, 0.15) is 15.9 Å². The summed E-state index contributed by atoms with van der Waals surface area (Å²) >= 11 is 11.7. The molecule has 1 N–H and O–H groups in total. The van der Waals surface area contributed by atoms with Gasteiger partial charge in [0.05, 0.1) is 26.9 Å². The van der Waals surface area contributed by atoms with Gasteiger partial charge >= 0.3 is 6.18 Å². The average Bonchev–Trinajstić information content (AvgIpc) is 2.42. The molecule has 2 aromatic carbocycles. The summed E-state index contributed by atoms with van der Waals surface area (Å²) in [5.74, 6) is -0.932. The molecule has 21 heavy (non-hydrogen) atoms. The molecule has 0 radical (unpaired) electrons. The highest BCUT2D eigenvalue weighted by molar-refractivity contribution is 6.40. The summed E-state index contributed by atoms with van der Waals surface area (Å²) < 4.78 is 38.6. The number of nitrogens with one attached hydrogen (secondary N) is 1. The molecule has 1 amide bonds. The lowest BCUT2D eigenvalue weighted by molar-refractivity contribution is -0.137. The van der Waals surface area contributed by atoms with Crippen LogP contribution in [0.3, 0.4) is 0 Å². The minimum absolute atomic E-state index is 0.0720. The number of carbonyl (C=O) groups excluding carboxylic acids is 1. The molecule has 0 aromatic heterocycles. The van der Waals surface area contributed by atoms with E-state index in [9.17, 15) is 18.0 Å². The monoisotopic (exact) mass is 333 g/mol. The molecule has 2 aromatic rings. The third kappa shape index (κ3) is 3.49. The molecule has 0 spiro atoms. The second-order valence-electron chi connectivity index (χ2n) is 4.09. The lowest BCUT2D eigenvalue weighted by atomic mass is 10.1. The Hall–Kier alpha value is -1.72. The summed E-state index contributed by atoms with van der Waals surface area (Å²) in [7, 11) is 0. The number of alkyl halides is 3. The van der Waals surface area contributed by atoms with E-state index >= 15 is 0 Å². The lowest BCUT2D eigenvalue weighted by Gasteiger charge is -2.13. The van der Waals surface area contributed by atoms with Crippen molar-refractivity contribution in [1.29, 1.82) is 0 Å². The number of carbonyl (C=O) groups is 1. The van der Waals surface area contributed by atoms with Crippen LogP contribution in [-0.4, -0.2) is 5.91 Å². The van der Waals surface area contributed by atoms with E-state index in [1.165, 1.54) is 24.3 Å². The van der Waals surface area contributed by atoms with Crippen molar-refractivity contribution in [3.05, 3.63) is 63.6 Å². The van der Waals surface area contributed by atoms with Crippen molar-refractivity contribution in [3.63, 3.8) is 0 Å². The first-order valence-corrected chi connectivity index (χ1v) is 6.48. The van der Waals surface area contributed by atoms with Crippen molar-refractivity contribution in [2.75, 3.05) is 5.32 Å². The second-order valence-corrected chi connectivity index (χ2v) is 4.91. The molecular formula is C14H8Cl2F3NO. The molecule has 2 nitrogen and oxygen atoms in total. The number of benzene rings is 2. The minimum Gasteiger partial charge on any atom is -0.319 e. The van der Waals surface area contributed by atoms with E-state index in [1.807, 2.05) is 0 Å². The first kappa shape index (κ1) is 15.7. The van der Waals surface area contributed by atoms with Crippen LogP contribution in [0.25, 0.3) is 0 Å². The van der Waals surface area contributed by atoms with Gasteiger partial charge in [-0.25, -0.2) is 0 Å². The van der Waals surface area contributed by atoms with Crippen LogP contribution in [0.5, 0.6) is 0 Å². The van der Waals surface area contributed by atoms with Crippen LogP contribution in [0.4, 0.5) is 18.9 Å². The van der Waals surface area contributed by atoms with Gasteiger partial charge in [0.2, 0.25) is 0 Å². The van der Waals surface area contributed by atoms with E-state index in [0.717, 1.165) is 12.1 Å². The van der Waals surface area contributed by atoms with Crippen LogP contribution in [0.15, 0.2) is 42.5 Å². The highest BCUT2D eigenvalue weighted by Crippen LogP contribution is 2.34. The van der Waals surface area contributed by atoms with E-state index in [0.29, 0.717) is 0 Å². The number of amides is 1. The molecule has 0 saturated heterocycles. The van der Waals surface area contributed by atoms with Crippen molar-refractivity contribution >= 4 is 34.8 Å². The average molecular weight is 334 g/mol. The van der Waals surface area contributed by atoms with Gasteiger partial charge in [-0.1, -0.05) is 41.4 Å². The van der Waals surface area contributed by atoms with E-state index < -0.39 is 23.2 Å². The normalized spacial score (nSPS) is 11.3. The summed E-state index contributed by atoms with van der Waals surface area (Å²) in [6, 6.07) is 8.98. The van der Waals surface area contributed by atoms with E-state index in [-0.39, 0.29) is 15.7 Å². The smallest absolute Gasteiger partial charge is 0.319 e. The Kier molecular flexibility index (Phi) is 4.44. The van der Waals surface area contributed by atoms with Crippen LogP contribution in [0.2, 0.25) is 10.0 Å². The summed E-state index contributed by atoms with van der Waals surface area (Å²) in [6.07, 6.45) is -4.63. The topological polar surface area (TPSA) is 29.1 Å². The van der Waals surface area contributed by atoms with E-state index in [2.05, 4.69) is 5.32 Å². The number of hydrogen-bond acceptors (Lipinski definition) is 1. The van der Waals surface area contributed by atoms with Gasteiger partial charge in [-0.15, -0.1) is 0 Å². The summed E-state index contributed by atoms with van der Waals surface area (Å²) in [5.41, 5.74) is -1.45. The third-order valence-corrected chi connectivity index (χ3v) is 3.31. The quantitative estimate of drug-likeness (QED) is 0.797. The predicted octanol–water partition coefficient (Wildman–Crippen LogP) is 5.26. The maximum Gasteiger partial charge on any atom is 0.417 e. The van der Waals surface area contributed by atoms with Crippen molar-refractivity contribution in [1.82, 2.24) is 0 Å². The van der Waals surface area contributed by atoms with Gasteiger partial charge in [0.15, 0.2) is 0 Å². The molecule has 0 bridgehead atoms. The third-order valence-electron chi connectivity index (χ3n) is 2.68. The molecular weight excluding hydrogens is 326 g/mol. The standard InChI is InChI=1S/C14H8Cl2F3NO/c15-10-6-3-7-11(16)12(10)20-13(21)8-4-1-2-5-9(8)14(17,18)19/h1-7H,(H,20,21).